The Hall–Kier alpha value is -2.25. The lowest BCUT2D eigenvalue weighted by atomic mass is 10.2. The Balaban J connectivity index is 1.77. The van der Waals surface area contributed by atoms with Gasteiger partial charge in [-0.1, -0.05) is 45.7 Å². The molecule has 8 heteroatoms. The fraction of sp³-hybridized carbons (Fsp3) is 0.222. The third-order valence-corrected chi connectivity index (χ3v) is 4.13. The fourth-order valence-corrected chi connectivity index (χ4v) is 2.67. The van der Waals surface area contributed by atoms with Gasteiger partial charge in [-0.25, -0.2) is 0 Å². The van der Waals surface area contributed by atoms with E-state index in [1.807, 2.05) is 25.1 Å². The zero-order valence-corrected chi connectivity index (χ0v) is 16.6. The fourth-order valence-electron chi connectivity index (χ4n) is 1.94. The standard InChI is InChI=1S/C18H18BrClN2O4/c1-11-5-3-4-6-15(11)26-12(2)18(24)22-21-17(23)10-25-16-8-7-13(19)9-14(16)20/h3-9,12H,10H2,1-2H3,(H,21,23)(H,22,24). The van der Waals surface area contributed by atoms with Crippen LogP contribution in [0.4, 0.5) is 0 Å². The van der Waals surface area contributed by atoms with Crippen LogP contribution in [0.15, 0.2) is 46.9 Å². The Morgan fingerprint density at radius 1 is 1.15 bits per heavy atom. The summed E-state index contributed by atoms with van der Waals surface area (Å²) in [6.07, 6.45) is -0.779. The average Bonchev–Trinajstić information content (AvgIpc) is 2.60. The van der Waals surface area contributed by atoms with Crippen LogP contribution < -0.4 is 20.3 Å². The number of aryl methyl sites for hydroxylation is 1. The number of amides is 2. The summed E-state index contributed by atoms with van der Waals surface area (Å²) in [6.45, 7) is 3.17. The van der Waals surface area contributed by atoms with Crippen LogP contribution in [0.3, 0.4) is 0 Å². The Morgan fingerprint density at radius 2 is 1.88 bits per heavy atom. The van der Waals surface area contributed by atoms with E-state index >= 15 is 0 Å². The predicted octanol–water partition coefficient (Wildman–Crippen LogP) is 3.40. The van der Waals surface area contributed by atoms with Crippen molar-refractivity contribution < 1.29 is 19.1 Å². The van der Waals surface area contributed by atoms with Crippen molar-refractivity contribution in [3.05, 3.63) is 57.5 Å². The minimum Gasteiger partial charge on any atom is -0.482 e. The second kappa shape index (κ2) is 9.45. The van der Waals surface area contributed by atoms with Crippen LogP contribution in [0, 0.1) is 6.92 Å². The zero-order valence-electron chi connectivity index (χ0n) is 14.2. The summed E-state index contributed by atoms with van der Waals surface area (Å²) in [6, 6.07) is 12.4. The maximum atomic E-state index is 12.0. The molecule has 0 aliphatic rings. The molecule has 138 valence electrons. The third-order valence-electron chi connectivity index (χ3n) is 3.34. The highest BCUT2D eigenvalue weighted by molar-refractivity contribution is 9.10. The van der Waals surface area contributed by atoms with Crippen molar-refractivity contribution in [3.8, 4) is 11.5 Å². The molecule has 0 saturated heterocycles. The van der Waals surface area contributed by atoms with Crippen LogP contribution in [-0.4, -0.2) is 24.5 Å². The molecule has 2 N–H and O–H groups in total. The van der Waals surface area contributed by atoms with E-state index in [1.165, 1.54) is 0 Å². The molecule has 0 radical (unpaired) electrons. The monoisotopic (exact) mass is 440 g/mol. The summed E-state index contributed by atoms with van der Waals surface area (Å²) < 4.78 is 11.7. The van der Waals surface area contributed by atoms with Gasteiger partial charge in [0.25, 0.3) is 11.8 Å². The maximum Gasteiger partial charge on any atom is 0.279 e. The molecule has 2 rings (SSSR count). The van der Waals surface area contributed by atoms with Crippen molar-refractivity contribution >= 4 is 39.3 Å². The summed E-state index contributed by atoms with van der Waals surface area (Å²) in [4.78, 5) is 23.8. The van der Waals surface area contributed by atoms with E-state index in [0.29, 0.717) is 16.5 Å². The van der Waals surface area contributed by atoms with Crippen molar-refractivity contribution in [2.45, 2.75) is 20.0 Å². The molecule has 2 aromatic rings. The molecule has 0 heterocycles. The van der Waals surface area contributed by atoms with Gasteiger partial charge in [0.2, 0.25) is 0 Å². The number of carbonyl (C=O) groups excluding carboxylic acids is 2. The van der Waals surface area contributed by atoms with Gasteiger partial charge in [0.1, 0.15) is 11.5 Å². The number of ether oxygens (including phenoxy) is 2. The summed E-state index contributed by atoms with van der Waals surface area (Å²) in [5, 5.41) is 0.372. The lowest BCUT2D eigenvalue weighted by Gasteiger charge is -2.16. The first-order valence-corrected chi connectivity index (χ1v) is 8.92. The first-order chi connectivity index (χ1) is 12.4. The average molecular weight is 442 g/mol. The molecular weight excluding hydrogens is 424 g/mol. The summed E-state index contributed by atoms with van der Waals surface area (Å²) >= 11 is 9.28. The van der Waals surface area contributed by atoms with Crippen LogP contribution >= 0.6 is 27.5 Å². The van der Waals surface area contributed by atoms with E-state index < -0.39 is 17.9 Å². The molecule has 0 aliphatic heterocycles. The molecule has 0 bridgehead atoms. The van der Waals surface area contributed by atoms with E-state index in [4.69, 9.17) is 21.1 Å². The molecule has 0 fully saturated rings. The molecule has 2 amide bonds. The highest BCUT2D eigenvalue weighted by Gasteiger charge is 2.16. The lowest BCUT2D eigenvalue weighted by molar-refractivity contribution is -0.133. The number of para-hydroxylation sites is 1. The maximum absolute atomic E-state index is 12.0. The SMILES string of the molecule is Cc1ccccc1OC(C)C(=O)NNC(=O)COc1ccc(Br)cc1Cl. The van der Waals surface area contributed by atoms with Crippen molar-refractivity contribution in [2.24, 2.45) is 0 Å². The van der Waals surface area contributed by atoms with Crippen molar-refractivity contribution in [2.75, 3.05) is 6.61 Å². The second-order valence-corrected chi connectivity index (χ2v) is 6.75. The van der Waals surface area contributed by atoms with Gasteiger partial charge in [0, 0.05) is 4.47 Å². The lowest BCUT2D eigenvalue weighted by Crippen LogP contribution is -2.48. The molecule has 26 heavy (non-hydrogen) atoms. The Morgan fingerprint density at radius 3 is 2.58 bits per heavy atom. The molecule has 6 nitrogen and oxygen atoms in total. The van der Waals surface area contributed by atoms with Crippen molar-refractivity contribution in [3.63, 3.8) is 0 Å². The number of benzene rings is 2. The number of hydrogen-bond acceptors (Lipinski definition) is 4. The summed E-state index contributed by atoms with van der Waals surface area (Å²) in [7, 11) is 0. The summed E-state index contributed by atoms with van der Waals surface area (Å²) in [5.74, 6) is -0.0361. The van der Waals surface area contributed by atoms with E-state index in [9.17, 15) is 9.59 Å². The zero-order chi connectivity index (χ0) is 19.1. The largest absolute Gasteiger partial charge is 0.482 e. The number of nitrogens with one attached hydrogen (secondary N) is 2. The quantitative estimate of drug-likeness (QED) is 0.674. The molecular formula is C18H18BrClN2O4. The van der Waals surface area contributed by atoms with Crippen LogP contribution in [0.25, 0.3) is 0 Å². The van der Waals surface area contributed by atoms with Gasteiger partial charge >= 0.3 is 0 Å². The number of halogens is 2. The first kappa shape index (κ1) is 20.1. The minimum absolute atomic E-state index is 0.297. The molecule has 2 aromatic carbocycles. The predicted molar refractivity (Wildman–Crippen MR) is 102 cm³/mol. The van der Waals surface area contributed by atoms with Gasteiger partial charge in [-0.05, 0) is 43.7 Å². The number of hydrazine groups is 1. The van der Waals surface area contributed by atoms with Crippen LogP contribution in [-0.2, 0) is 9.59 Å². The molecule has 1 atom stereocenters. The highest BCUT2D eigenvalue weighted by Crippen LogP contribution is 2.27. The smallest absolute Gasteiger partial charge is 0.279 e. The molecule has 0 aromatic heterocycles. The highest BCUT2D eigenvalue weighted by atomic mass is 79.9. The Kier molecular flexibility index (Phi) is 7.29. The molecule has 0 spiro atoms. The van der Waals surface area contributed by atoms with Crippen molar-refractivity contribution in [1.82, 2.24) is 10.9 Å². The van der Waals surface area contributed by atoms with Crippen LogP contribution in [0.5, 0.6) is 11.5 Å². The van der Waals surface area contributed by atoms with Gasteiger partial charge in [-0.15, -0.1) is 0 Å². The van der Waals surface area contributed by atoms with Gasteiger partial charge < -0.3 is 9.47 Å². The Bertz CT molecular complexity index is 801. The van der Waals surface area contributed by atoms with Crippen LogP contribution in [0.2, 0.25) is 5.02 Å². The van der Waals surface area contributed by atoms with Gasteiger partial charge in [0.15, 0.2) is 12.7 Å². The molecule has 0 aliphatic carbocycles. The van der Waals surface area contributed by atoms with Gasteiger partial charge in [-0.3, -0.25) is 20.4 Å². The second-order valence-electron chi connectivity index (χ2n) is 5.43. The topological polar surface area (TPSA) is 76.7 Å². The number of rotatable bonds is 6. The molecule has 0 saturated carbocycles. The first-order valence-electron chi connectivity index (χ1n) is 7.75. The minimum atomic E-state index is -0.779. The van der Waals surface area contributed by atoms with Crippen LogP contribution in [0.1, 0.15) is 12.5 Å². The summed E-state index contributed by atoms with van der Waals surface area (Å²) in [5.41, 5.74) is 5.48. The number of hydrogen-bond donors (Lipinski definition) is 2. The van der Waals surface area contributed by atoms with E-state index in [-0.39, 0.29) is 6.61 Å². The van der Waals surface area contributed by atoms with Gasteiger partial charge in [0.05, 0.1) is 5.02 Å². The Labute approximate surface area is 164 Å². The van der Waals surface area contributed by atoms with Gasteiger partial charge in [-0.2, -0.15) is 0 Å². The van der Waals surface area contributed by atoms with Crippen molar-refractivity contribution in [1.29, 1.82) is 0 Å². The van der Waals surface area contributed by atoms with E-state index in [1.54, 1.807) is 31.2 Å². The van der Waals surface area contributed by atoms with E-state index in [2.05, 4.69) is 26.8 Å². The molecule has 1 unspecified atom stereocenters. The third kappa shape index (κ3) is 5.93. The van der Waals surface area contributed by atoms with E-state index in [0.717, 1.165) is 10.0 Å². The normalized spacial score (nSPS) is 11.4. The number of carbonyl (C=O) groups is 2.